The largest absolute Gasteiger partial charge is 0.495 e. The van der Waals surface area contributed by atoms with Gasteiger partial charge in [0.05, 0.1) is 24.2 Å². The van der Waals surface area contributed by atoms with Crippen LogP contribution in [0.25, 0.3) is 0 Å². The SMILES string of the molecule is COc1ccc(C(CN)c2ncc(Br)[nH]2)cc1Cl. The fourth-order valence-corrected chi connectivity index (χ4v) is 2.37. The Labute approximate surface area is 119 Å². The van der Waals surface area contributed by atoms with Gasteiger partial charge >= 0.3 is 0 Å². The Bertz CT molecular complexity index is 544. The second-order valence-electron chi connectivity index (χ2n) is 3.80. The molecule has 0 aliphatic carbocycles. The Hall–Kier alpha value is -1.04. The van der Waals surface area contributed by atoms with Gasteiger partial charge in [-0.25, -0.2) is 4.98 Å². The van der Waals surface area contributed by atoms with Crippen LogP contribution >= 0.6 is 27.5 Å². The highest BCUT2D eigenvalue weighted by Gasteiger charge is 2.17. The fourth-order valence-electron chi connectivity index (χ4n) is 1.80. The van der Waals surface area contributed by atoms with Crippen molar-refractivity contribution >= 4 is 27.5 Å². The molecule has 1 unspecified atom stereocenters. The van der Waals surface area contributed by atoms with Gasteiger partial charge in [-0.3, -0.25) is 0 Å². The van der Waals surface area contributed by atoms with Crippen LogP contribution in [0.1, 0.15) is 17.3 Å². The van der Waals surface area contributed by atoms with Crippen molar-refractivity contribution in [3.63, 3.8) is 0 Å². The van der Waals surface area contributed by atoms with Crippen molar-refractivity contribution in [1.29, 1.82) is 0 Å². The lowest BCUT2D eigenvalue weighted by Gasteiger charge is -2.14. The predicted octanol–water partition coefficient (Wildman–Crippen LogP) is 2.92. The standard InChI is InChI=1S/C12H13BrClN3O/c1-18-10-3-2-7(4-9(10)14)8(5-15)12-16-6-11(13)17-12/h2-4,6,8H,5,15H2,1H3,(H,16,17). The molecule has 96 valence electrons. The number of halogens is 2. The number of aromatic nitrogens is 2. The van der Waals surface area contributed by atoms with Gasteiger partial charge in [0.2, 0.25) is 0 Å². The van der Waals surface area contributed by atoms with Gasteiger partial charge in [-0.15, -0.1) is 0 Å². The third kappa shape index (κ3) is 2.68. The van der Waals surface area contributed by atoms with Crippen molar-refractivity contribution in [3.05, 3.63) is 45.4 Å². The van der Waals surface area contributed by atoms with Gasteiger partial charge in [0, 0.05) is 6.54 Å². The summed E-state index contributed by atoms with van der Waals surface area (Å²) in [5.41, 5.74) is 6.82. The molecule has 2 rings (SSSR count). The van der Waals surface area contributed by atoms with Crippen LogP contribution in [-0.4, -0.2) is 23.6 Å². The highest BCUT2D eigenvalue weighted by Crippen LogP contribution is 2.30. The molecule has 0 aliphatic rings. The van der Waals surface area contributed by atoms with E-state index in [0.29, 0.717) is 17.3 Å². The highest BCUT2D eigenvalue weighted by molar-refractivity contribution is 9.10. The molecule has 0 saturated heterocycles. The molecule has 3 N–H and O–H groups in total. The quantitative estimate of drug-likeness (QED) is 0.906. The van der Waals surface area contributed by atoms with Crippen LogP contribution in [0.15, 0.2) is 29.0 Å². The van der Waals surface area contributed by atoms with Crippen LogP contribution in [0.3, 0.4) is 0 Å². The summed E-state index contributed by atoms with van der Waals surface area (Å²) in [5.74, 6) is 1.45. The molecule has 0 fully saturated rings. The number of aromatic amines is 1. The maximum atomic E-state index is 6.12. The van der Waals surface area contributed by atoms with Crippen LogP contribution in [0.5, 0.6) is 5.75 Å². The van der Waals surface area contributed by atoms with Gasteiger partial charge in [0.15, 0.2) is 0 Å². The number of nitrogens with zero attached hydrogens (tertiary/aromatic N) is 1. The lowest BCUT2D eigenvalue weighted by Crippen LogP contribution is -2.15. The number of methoxy groups -OCH3 is 1. The Kier molecular flexibility index (Phi) is 4.27. The van der Waals surface area contributed by atoms with E-state index in [9.17, 15) is 0 Å². The van der Waals surface area contributed by atoms with Crippen LogP contribution < -0.4 is 10.5 Å². The van der Waals surface area contributed by atoms with Gasteiger partial charge in [0.1, 0.15) is 16.2 Å². The number of hydrogen-bond acceptors (Lipinski definition) is 3. The minimum Gasteiger partial charge on any atom is -0.495 e. The lowest BCUT2D eigenvalue weighted by molar-refractivity contribution is 0.415. The topological polar surface area (TPSA) is 63.9 Å². The van der Waals surface area contributed by atoms with Gasteiger partial charge in [0.25, 0.3) is 0 Å². The first-order valence-electron chi connectivity index (χ1n) is 5.39. The van der Waals surface area contributed by atoms with E-state index in [-0.39, 0.29) is 5.92 Å². The molecular weight excluding hydrogens is 318 g/mol. The van der Waals surface area contributed by atoms with Crippen LogP contribution in [0.2, 0.25) is 5.02 Å². The molecule has 0 aliphatic heterocycles. The first-order chi connectivity index (χ1) is 8.65. The zero-order chi connectivity index (χ0) is 13.1. The van der Waals surface area contributed by atoms with Crippen molar-refractivity contribution in [1.82, 2.24) is 9.97 Å². The number of ether oxygens (including phenoxy) is 1. The molecule has 0 amide bonds. The maximum Gasteiger partial charge on any atom is 0.137 e. The van der Waals surface area contributed by atoms with Crippen molar-refractivity contribution in [2.24, 2.45) is 5.73 Å². The van der Waals surface area contributed by atoms with Crippen molar-refractivity contribution in [2.75, 3.05) is 13.7 Å². The van der Waals surface area contributed by atoms with E-state index >= 15 is 0 Å². The number of hydrogen-bond donors (Lipinski definition) is 2. The van der Waals surface area contributed by atoms with Crippen molar-refractivity contribution in [2.45, 2.75) is 5.92 Å². The van der Waals surface area contributed by atoms with Crippen molar-refractivity contribution in [3.8, 4) is 5.75 Å². The van der Waals surface area contributed by atoms with Gasteiger partial charge in [-0.05, 0) is 33.6 Å². The zero-order valence-electron chi connectivity index (χ0n) is 9.78. The summed E-state index contributed by atoms with van der Waals surface area (Å²) in [6.45, 7) is 0.447. The molecule has 1 heterocycles. The third-order valence-corrected chi connectivity index (χ3v) is 3.41. The predicted molar refractivity (Wildman–Crippen MR) is 75.2 cm³/mol. The third-order valence-electron chi connectivity index (χ3n) is 2.71. The molecule has 18 heavy (non-hydrogen) atoms. The Balaban J connectivity index is 2.36. The molecule has 0 bridgehead atoms. The summed E-state index contributed by atoms with van der Waals surface area (Å²) in [7, 11) is 1.59. The second kappa shape index (κ2) is 5.73. The minimum atomic E-state index is -0.0142. The molecule has 0 spiro atoms. The van der Waals surface area contributed by atoms with Crippen LogP contribution in [-0.2, 0) is 0 Å². The van der Waals surface area contributed by atoms with Crippen LogP contribution in [0, 0.1) is 0 Å². The minimum absolute atomic E-state index is 0.0142. The monoisotopic (exact) mass is 329 g/mol. The normalized spacial score (nSPS) is 12.4. The van der Waals surface area contributed by atoms with E-state index in [1.54, 1.807) is 13.3 Å². The van der Waals surface area contributed by atoms with Crippen LogP contribution in [0.4, 0.5) is 0 Å². The first-order valence-corrected chi connectivity index (χ1v) is 6.56. The Morgan fingerprint density at radius 3 is 2.83 bits per heavy atom. The first kappa shape index (κ1) is 13.4. The number of imidazole rings is 1. The lowest BCUT2D eigenvalue weighted by atomic mass is 9.98. The summed E-state index contributed by atoms with van der Waals surface area (Å²) >= 11 is 9.45. The zero-order valence-corrected chi connectivity index (χ0v) is 12.1. The van der Waals surface area contributed by atoms with E-state index in [1.165, 1.54) is 0 Å². The Morgan fingerprint density at radius 2 is 2.33 bits per heavy atom. The summed E-state index contributed by atoms with van der Waals surface area (Å²) in [5, 5.41) is 0.569. The Morgan fingerprint density at radius 1 is 1.56 bits per heavy atom. The van der Waals surface area contributed by atoms with E-state index in [1.807, 2.05) is 18.2 Å². The summed E-state index contributed by atoms with van der Waals surface area (Å²) in [6.07, 6.45) is 1.71. The van der Waals surface area contributed by atoms with E-state index < -0.39 is 0 Å². The molecule has 0 radical (unpaired) electrons. The average molecular weight is 331 g/mol. The molecule has 4 nitrogen and oxygen atoms in total. The van der Waals surface area contributed by atoms with Gasteiger partial charge < -0.3 is 15.5 Å². The summed E-state index contributed by atoms with van der Waals surface area (Å²) < 4.78 is 5.96. The van der Waals surface area contributed by atoms with E-state index in [4.69, 9.17) is 22.1 Å². The number of H-pyrrole nitrogens is 1. The molecule has 1 aromatic heterocycles. The highest BCUT2D eigenvalue weighted by atomic mass is 79.9. The fraction of sp³-hybridized carbons (Fsp3) is 0.250. The average Bonchev–Trinajstić information content (AvgIpc) is 2.77. The van der Waals surface area contributed by atoms with Crippen molar-refractivity contribution < 1.29 is 4.74 Å². The smallest absolute Gasteiger partial charge is 0.137 e. The summed E-state index contributed by atoms with van der Waals surface area (Å²) in [6, 6.07) is 5.63. The summed E-state index contributed by atoms with van der Waals surface area (Å²) in [4.78, 5) is 7.40. The number of nitrogens with two attached hydrogens (primary N) is 1. The maximum absolute atomic E-state index is 6.12. The number of nitrogens with one attached hydrogen (secondary N) is 1. The molecule has 0 saturated carbocycles. The molecule has 1 atom stereocenters. The van der Waals surface area contributed by atoms with E-state index in [2.05, 4.69) is 25.9 Å². The van der Waals surface area contributed by atoms with E-state index in [0.717, 1.165) is 16.0 Å². The van der Waals surface area contributed by atoms with Gasteiger partial charge in [-0.1, -0.05) is 17.7 Å². The number of rotatable bonds is 4. The molecule has 2 aromatic rings. The molecule has 1 aromatic carbocycles. The van der Waals surface area contributed by atoms with Gasteiger partial charge in [-0.2, -0.15) is 0 Å². The molecular formula is C12H13BrClN3O. The molecule has 6 heteroatoms. The second-order valence-corrected chi connectivity index (χ2v) is 5.06. The number of benzene rings is 1.